The normalized spacial score (nSPS) is 13.1. The molecule has 224 valence electrons. The second-order valence-electron chi connectivity index (χ2n) is 10.8. The number of aromatic nitrogens is 2. The quantitative estimate of drug-likeness (QED) is 0.248. The van der Waals surface area contributed by atoms with Crippen LogP contribution in [-0.4, -0.2) is 47.7 Å². The number of benzene rings is 2. The molecule has 10 nitrogen and oxygen atoms in total. The topological polar surface area (TPSA) is 153 Å². The molecule has 2 heterocycles. The van der Waals surface area contributed by atoms with Gasteiger partial charge in [0.1, 0.15) is 18.0 Å². The van der Waals surface area contributed by atoms with Gasteiger partial charge in [-0.05, 0) is 73.9 Å². The first-order valence-electron chi connectivity index (χ1n) is 13.2. The highest BCUT2D eigenvalue weighted by Gasteiger charge is 2.45. The number of pyridine rings is 2. The van der Waals surface area contributed by atoms with Crippen LogP contribution in [0.5, 0.6) is 0 Å². The van der Waals surface area contributed by atoms with Crippen molar-refractivity contribution in [3.8, 4) is 11.1 Å². The summed E-state index contributed by atoms with van der Waals surface area (Å²) in [5, 5.41) is 10.1. The Balaban J connectivity index is 1.80. The highest BCUT2D eigenvalue weighted by Crippen LogP contribution is 2.35. The number of amides is 1. The molecule has 0 aliphatic heterocycles. The molecule has 1 unspecified atom stereocenters. The molecule has 0 aliphatic carbocycles. The Kier molecular flexibility index (Phi) is 9.19. The van der Waals surface area contributed by atoms with Crippen molar-refractivity contribution in [2.75, 3.05) is 11.4 Å². The fourth-order valence-corrected chi connectivity index (χ4v) is 6.05. The van der Waals surface area contributed by atoms with Gasteiger partial charge in [-0.15, -0.1) is 0 Å². The van der Waals surface area contributed by atoms with Gasteiger partial charge in [0.15, 0.2) is 4.87 Å². The monoisotopic (exact) mass is 622 g/mol. The van der Waals surface area contributed by atoms with Crippen molar-refractivity contribution >= 4 is 39.3 Å². The number of nitrogens with zero attached hydrogens (tertiary/aromatic N) is 3. The molecule has 0 spiro atoms. The van der Waals surface area contributed by atoms with Crippen molar-refractivity contribution < 1.29 is 27.9 Å². The zero-order valence-corrected chi connectivity index (χ0v) is 25.3. The minimum Gasteiger partial charge on any atom is -0.480 e. The van der Waals surface area contributed by atoms with Crippen molar-refractivity contribution in [1.82, 2.24) is 9.97 Å². The predicted octanol–water partition coefficient (Wildman–Crippen LogP) is 5.45. The van der Waals surface area contributed by atoms with Gasteiger partial charge >= 0.3 is 12.1 Å². The maximum atomic E-state index is 14.1. The summed E-state index contributed by atoms with van der Waals surface area (Å²) in [5.74, 6) is -1.45. The Morgan fingerprint density at radius 2 is 1.58 bits per heavy atom. The maximum absolute atomic E-state index is 14.1. The van der Waals surface area contributed by atoms with E-state index in [1.165, 1.54) is 42.7 Å². The van der Waals surface area contributed by atoms with E-state index in [1.807, 2.05) is 24.3 Å². The van der Waals surface area contributed by atoms with Gasteiger partial charge in [0.05, 0.1) is 10.6 Å². The number of carbonyl (C=O) groups excluding carboxylic acids is 1. The van der Waals surface area contributed by atoms with E-state index in [1.54, 1.807) is 45.0 Å². The number of ether oxygens (including phenoxy) is 1. The van der Waals surface area contributed by atoms with Crippen molar-refractivity contribution in [2.45, 2.75) is 42.6 Å². The summed E-state index contributed by atoms with van der Waals surface area (Å²) < 4.78 is 33.7. The lowest BCUT2D eigenvalue weighted by molar-refractivity contribution is -0.135. The highest BCUT2D eigenvalue weighted by molar-refractivity contribution is 7.92. The molecule has 0 saturated carbocycles. The summed E-state index contributed by atoms with van der Waals surface area (Å²) in [6.45, 7) is 4.14. The fourth-order valence-electron chi connectivity index (χ4n) is 4.30. The number of hydrogen-bond acceptors (Lipinski definition) is 8. The third-order valence-electron chi connectivity index (χ3n) is 6.37. The molecule has 3 N–H and O–H groups in total. The van der Waals surface area contributed by atoms with E-state index in [-0.39, 0.29) is 22.8 Å². The van der Waals surface area contributed by atoms with E-state index in [0.717, 1.165) is 16.0 Å². The van der Waals surface area contributed by atoms with Crippen molar-refractivity contribution in [3.63, 3.8) is 0 Å². The molecule has 1 atom stereocenters. The molecule has 12 heteroatoms. The van der Waals surface area contributed by atoms with Gasteiger partial charge in [-0.1, -0.05) is 54.1 Å². The predicted molar refractivity (Wildman–Crippen MR) is 163 cm³/mol. The highest BCUT2D eigenvalue weighted by atomic mass is 35.5. The molecular weight excluding hydrogens is 592 g/mol. The van der Waals surface area contributed by atoms with Gasteiger partial charge in [0, 0.05) is 23.8 Å². The van der Waals surface area contributed by atoms with Crippen LogP contribution in [-0.2, 0) is 30.7 Å². The largest absolute Gasteiger partial charge is 0.480 e. The van der Waals surface area contributed by atoms with E-state index >= 15 is 0 Å². The van der Waals surface area contributed by atoms with Gasteiger partial charge in [0.2, 0.25) is 9.84 Å². The van der Waals surface area contributed by atoms with E-state index < -0.39 is 38.9 Å². The van der Waals surface area contributed by atoms with E-state index in [9.17, 15) is 23.1 Å². The first-order valence-corrected chi connectivity index (χ1v) is 15.0. The molecular formula is C31H31ClN4O6S. The second-order valence-corrected chi connectivity index (χ2v) is 13.4. The Morgan fingerprint density at radius 1 is 0.953 bits per heavy atom. The lowest BCUT2D eigenvalue weighted by Gasteiger charge is -2.30. The van der Waals surface area contributed by atoms with Crippen molar-refractivity contribution in [2.24, 2.45) is 5.73 Å². The average Bonchev–Trinajstić information content (AvgIpc) is 2.96. The summed E-state index contributed by atoms with van der Waals surface area (Å²) >= 11 is 6.01. The maximum Gasteiger partial charge on any atom is 0.416 e. The standard InChI is InChI=1S/C31H31ClN4O6S/c1-30(2,3)42-29(39)36(20-28(37)38)27-8-4-7-26(35-27)31(33,43(40,41)25-6-5-17-34-19-25)18-21-9-11-22(12-10-21)23-13-15-24(32)16-14-23/h4-17,19H,18,20,33H2,1-3H3,(H,37,38). The van der Waals surface area contributed by atoms with Crippen LogP contribution >= 0.6 is 11.6 Å². The summed E-state index contributed by atoms with van der Waals surface area (Å²) in [7, 11) is -4.35. The Morgan fingerprint density at radius 3 is 2.14 bits per heavy atom. The number of rotatable bonds is 9. The van der Waals surface area contributed by atoms with Gasteiger partial charge in [-0.2, -0.15) is 0 Å². The molecule has 0 radical (unpaired) electrons. The SMILES string of the molecule is CC(C)(C)OC(=O)N(CC(=O)O)c1cccc(C(N)(Cc2ccc(-c3ccc(Cl)cc3)cc2)S(=O)(=O)c2cccnc2)n1. The first kappa shape index (κ1) is 31.6. The van der Waals surface area contributed by atoms with Gasteiger partial charge in [-0.3, -0.25) is 14.7 Å². The van der Waals surface area contributed by atoms with E-state index in [0.29, 0.717) is 10.6 Å². The first-order chi connectivity index (χ1) is 20.2. The molecule has 2 aromatic heterocycles. The molecule has 4 aromatic rings. The number of nitrogens with two attached hydrogens (primary N) is 1. The van der Waals surface area contributed by atoms with Crippen LogP contribution < -0.4 is 10.6 Å². The number of aliphatic carboxylic acids is 1. The van der Waals surface area contributed by atoms with Crippen molar-refractivity contribution in [3.05, 3.63) is 108 Å². The lowest BCUT2D eigenvalue weighted by atomic mass is 9.99. The number of anilines is 1. The lowest BCUT2D eigenvalue weighted by Crippen LogP contribution is -2.48. The molecule has 2 aromatic carbocycles. The number of halogens is 1. The fraction of sp³-hybridized carbons (Fsp3) is 0.226. The van der Waals surface area contributed by atoms with Crippen LogP contribution in [0.15, 0.2) is 96.2 Å². The number of sulfone groups is 1. The molecule has 43 heavy (non-hydrogen) atoms. The van der Waals surface area contributed by atoms with E-state index in [2.05, 4.69) is 9.97 Å². The van der Waals surface area contributed by atoms with Gasteiger partial charge in [0.25, 0.3) is 0 Å². The summed E-state index contributed by atoms with van der Waals surface area (Å²) in [4.78, 5) is 31.6. The number of carboxylic acid groups (broad SMARTS) is 1. The minimum atomic E-state index is -4.35. The third kappa shape index (κ3) is 7.37. The third-order valence-corrected chi connectivity index (χ3v) is 8.80. The van der Waals surface area contributed by atoms with E-state index in [4.69, 9.17) is 22.1 Å². The average molecular weight is 623 g/mol. The molecule has 1 amide bonds. The van der Waals surface area contributed by atoms with Gasteiger partial charge < -0.3 is 15.6 Å². The Labute approximate surface area is 255 Å². The number of carboxylic acids is 1. The number of hydrogen-bond donors (Lipinski definition) is 2. The zero-order valence-electron chi connectivity index (χ0n) is 23.8. The molecule has 0 saturated heterocycles. The summed E-state index contributed by atoms with van der Waals surface area (Å²) in [6.07, 6.45) is 1.47. The Bertz CT molecular complexity index is 1710. The molecule has 0 aliphatic rings. The van der Waals surface area contributed by atoms with Crippen molar-refractivity contribution in [1.29, 1.82) is 0 Å². The molecule has 0 fully saturated rings. The van der Waals surface area contributed by atoms with Crippen LogP contribution in [0.2, 0.25) is 5.02 Å². The van der Waals surface area contributed by atoms with Gasteiger partial charge in [-0.25, -0.2) is 18.2 Å². The minimum absolute atomic E-state index is 0.102. The van der Waals surface area contributed by atoms with Crippen LogP contribution in [0.25, 0.3) is 11.1 Å². The molecule has 4 rings (SSSR count). The van der Waals surface area contributed by atoms with Crippen LogP contribution in [0.4, 0.5) is 10.6 Å². The second kappa shape index (κ2) is 12.5. The summed E-state index contributed by atoms with van der Waals surface area (Å²) in [5.41, 5.74) is 8.21. The zero-order chi connectivity index (χ0) is 31.4. The molecule has 0 bridgehead atoms. The van der Waals surface area contributed by atoms with Crippen LogP contribution in [0, 0.1) is 0 Å². The van der Waals surface area contributed by atoms with Crippen LogP contribution in [0.3, 0.4) is 0 Å². The van der Waals surface area contributed by atoms with Crippen LogP contribution in [0.1, 0.15) is 32.0 Å². The summed E-state index contributed by atoms with van der Waals surface area (Å²) in [6, 6.07) is 21.7. The smallest absolute Gasteiger partial charge is 0.416 e. The number of carbonyl (C=O) groups is 2. The Hall–Kier alpha value is -4.32.